The van der Waals surface area contributed by atoms with Crippen molar-refractivity contribution < 1.29 is 0 Å². The topological polar surface area (TPSA) is 32.5 Å². The van der Waals surface area contributed by atoms with Crippen molar-refractivity contribution in [2.75, 3.05) is 45.8 Å². The van der Waals surface area contributed by atoms with Gasteiger partial charge in [-0.2, -0.15) is 0 Å². The highest BCUT2D eigenvalue weighted by molar-refractivity contribution is 4.82. The van der Waals surface area contributed by atoms with Crippen LogP contribution in [0.3, 0.4) is 0 Å². The number of allylic oxidation sites excluding steroid dienone is 4. The molecule has 0 saturated carbocycles. The van der Waals surface area contributed by atoms with Crippen LogP contribution in [0.4, 0.5) is 0 Å². The molecule has 0 aromatic rings. The van der Waals surface area contributed by atoms with E-state index in [0.717, 1.165) is 13.0 Å². The number of unbranched alkanes of at least 4 members (excludes halogenated alkanes) is 25. The smallest absolute Gasteiger partial charge is 0.0109 e. The highest BCUT2D eigenvalue weighted by Gasteiger charge is 2.09. The van der Waals surface area contributed by atoms with E-state index in [9.17, 15) is 0 Å². The third kappa shape index (κ3) is 38.2. The van der Waals surface area contributed by atoms with Crippen LogP contribution in [0.2, 0.25) is 0 Å². The summed E-state index contributed by atoms with van der Waals surface area (Å²) in [5, 5.41) is 0. The number of nitrogens with zero attached hydrogens (tertiary/aromatic N) is 2. The highest BCUT2D eigenvalue weighted by Crippen LogP contribution is 2.13. The van der Waals surface area contributed by atoms with Gasteiger partial charge in [-0.1, -0.05) is 167 Å². The lowest BCUT2D eigenvalue weighted by Gasteiger charge is -2.28. The molecule has 0 bridgehead atoms. The molecular formula is C45H91N3. The molecule has 0 aliphatic rings. The van der Waals surface area contributed by atoms with Crippen LogP contribution in [0.15, 0.2) is 24.3 Å². The second-order valence-electron chi connectivity index (χ2n) is 15.1. The fourth-order valence-corrected chi connectivity index (χ4v) is 6.82. The highest BCUT2D eigenvalue weighted by atomic mass is 15.2. The summed E-state index contributed by atoms with van der Waals surface area (Å²) in [6, 6.07) is 0. The summed E-state index contributed by atoms with van der Waals surface area (Å²) in [5.41, 5.74) is 5.92. The molecule has 0 unspecified atom stereocenters. The first-order valence-corrected chi connectivity index (χ1v) is 22.2. The second kappa shape index (κ2) is 42.5. The van der Waals surface area contributed by atoms with E-state index in [2.05, 4.69) is 54.9 Å². The van der Waals surface area contributed by atoms with E-state index in [-0.39, 0.29) is 0 Å². The normalized spacial score (nSPS) is 12.2. The van der Waals surface area contributed by atoms with E-state index in [0.29, 0.717) is 0 Å². The van der Waals surface area contributed by atoms with Gasteiger partial charge in [0.05, 0.1) is 0 Å². The fraction of sp³-hybridized carbons (Fsp3) is 0.911. The minimum absolute atomic E-state index is 0.818. The SMILES string of the molecule is CCCCCCCC/C=C\CCCCCCCCN(CCCC)CCN(CCCN)CCCCCCCC/C=C\CCCCCCCC. The van der Waals surface area contributed by atoms with E-state index in [1.165, 1.54) is 232 Å². The predicted molar refractivity (Wildman–Crippen MR) is 220 cm³/mol. The summed E-state index contributed by atoms with van der Waals surface area (Å²) < 4.78 is 0. The molecule has 0 heterocycles. The van der Waals surface area contributed by atoms with Crippen LogP contribution >= 0.6 is 0 Å². The van der Waals surface area contributed by atoms with Gasteiger partial charge in [0.1, 0.15) is 0 Å². The van der Waals surface area contributed by atoms with Crippen LogP contribution in [0.1, 0.15) is 220 Å². The van der Waals surface area contributed by atoms with Crippen LogP contribution in [-0.2, 0) is 0 Å². The Morgan fingerprint density at radius 1 is 0.292 bits per heavy atom. The summed E-state index contributed by atoms with van der Waals surface area (Å²) in [7, 11) is 0. The standard InChI is InChI=1S/C45H91N3/c1-4-7-10-12-14-16-18-20-22-24-26-28-30-32-34-36-41-47(40-9-6-3)44-45-48(43-38-39-46)42-37-35-33-31-29-27-25-23-21-19-17-15-13-11-8-5-2/h20-23H,4-19,24-46H2,1-3H3/b22-20-,23-21-. The lowest BCUT2D eigenvalue weighted by molar-refractivity contribution is 0.195. The number of hydrogen-bond acceptors (Lipinski definition) is 3. The summed E-state index contributed by atoms with van der Waals surface area (Å²) in [4.78, 5) is 5.50. The zero-order valence-electron chi connectivity index (χ0n) is 33.7. The molecule has 2 N–H and O–H groups in total. The molecule has 0 aromatic carbocycles. The van der Waals surface area contributed by atoms with E-state index in [4.69, 9.17) is 5.73 Å². The lowest BCUT2D eigenvalue weighted by atomic mass is 10.1. The third-order valence-electron chi connectivity index (χ3n) is 10.2. The Labute approximate surface area is 304 Å². The van der Waals surface area contributed by atoms with Crippen molar-refractivity contribution in [3.63, 3.8) is 0 Å². The number of rotatable bonds is 41. The summed E-state index contributed by atoms with van der Waals surface area (Å²) in [6.45, 7) is 15.2. The van der Waals surface area contributed by atoms with Crippen molar-refractivity contribution in [3.05, 3.63) is 24.3 Å². The summed E-state index contributed by atoms with van der Waals surface area (Å²) >= 11 is 0. The average Bonchev–Trinajstić information content (AvgIpc) is 3.10. The van der Waals surface area contributed by atoms with Gasteiger partial charge >= 0.3 is 0 Å². The quantitative estimate of drug-likeness (QED) is 0.0518. The summed E-state index contributed by atoms with van der Waals surface area (Å²) in [5.74, 6) is 0. The molecule has 0 aliphatic heterocycles. The molecular weight excluding hydrogens is 583 g/mol. The monoisotopic (exact) mass is 674 g/mol. The van der Waals surface area contributed by atoms with Gasteiger partial charge < -0.3 is 15.5 Å². The van der Waals surface area contributed by atoms with Gasteiger partial charge in [-0.25, -0.2) is 0 Å². The Balaban J connectivity index is 3.93. The van der Waals surface area contributed by atoms with Crippen LogP contribution in [0, 0.1) is 0 Å². The third-order valence-corrected chi connectivity index (χ3v) is 10.2. The molecule has 0 radical (unpaired) electrons. The Morgan fingerprint density at radius 3 is 0.896 bits per heavy atom. The van der Waals surface area contributed by atoms with Gasteiger partial charge in [0.25, 0.3) is 0 Å². The van der Waals surface area contributed by atoms with Gasteiger partial charge in [0.15, 0.2) is 0 Å². The molecule has 0 aromatic heterocycles. The predicted octanol–water partition coefficient (Wildman–Crippen LogP) is 13.8. The van der Waals surface area contributed by atoms with Crippen molar-refractivity contribution >= 4 is 0 Å². The van der Waals surface area contributed by atoms with E-state index in [1.807, 2.05) is 0 Å². The van der Waals surface area contributed by atoms with Crippen molar-refractivity contribution in [3.8, 4) is 0 Å². The minimum atomic E-state index is 0.818. The van der Waals surface area contributed by atoms with Crippen molar-refractivity contribution in [1.82, 2.24) is 9.80 Å². The minimum Gasteiger partial charge on any atom is -0.330 e. The first kappa shape index (κ1) is 47.4. The molecule has 48 heavy (non-hydrogen) atoms. The maximum absolute atomic E-state index is 5.92. The first-order chi connectivity index (χ1) is 23.8. The van der Waals surface area contributed by atoms with Crippen LogP contribution in [-0.4, -0.2) is 55.6 Å². The second-order valence-corrected chi connectivity index (χ2v) is 15.1. The largest absolute Gasteiger partial charge is 0.330 e. The molecule has 3 heteroatoms. The molecule has 3 nitrogen and oxygen atoms in total. The molecule has 286 valence electrons. The Hall–Kier alpha value is -0.640. The van der Waals surface area contributed by atoms with Crippen LogP contribution in [0.25, 0.3) is 0 Å². The first-order valence-electron chi connectivity index (χ1n) is 22.2. The van der Waals surface area contributed by atoms with Crippen LogP contribution < -0.4 is 5.73 Å². The van der Waals surface area contributed by atoms with Crippen molar-refractivity contribution in [2.45, 2.75) is 220 Å². The van der Waals surface area contributed by atoms with Gasteiger partial charge in [0, 0.05) is 13.1 Å². The zero-order valence-corrected chi connectivity index (χ0v) is 33.7. The van der Waals surface area contributed by atoms with Gasteiger partial charge in [-0.15, -0.1) is 0 Å². The summed E-state index contributed by atoms with van der Waals surface area (Å²) in [6.07, 6.45) is 52.4. The average molecular weight is 674 g/mol. The van der Waals surface area contributed by atoms with Crippen molar-refractivity contribution in [1.29, 1.82) is 0 Å². The molecule has 0 amide bonds. The van der Waals surface area contributed by atoms with Crippen LogP contribution in [0.5, 0.6) is 0 Å². The Bertz CT molecular complexity index is 576. The van der Waals surface area contributed by atoms with E-state index in [1.54, 1.807) is 0 Å². The van der Waals surface area contributed by atoms with E-state index < -0.39 is 0 Å². The van der Waals surface area contributed by atoms with Gasteiger partial charge in [-0.05, 0) is 110 Å². The molecule has 0 spiro atoms. The van der Waals surface area contributed by atoms with Gasteiger partial charge in [0.2, 0.25) is 0 Å². The molecule has 0 rings (SSSR count). The molecule has 0 saturated heterocycles. The maximum atomic E-state index is 5.92. The van der Waals surface area contributed by atoms with Crippen molar-refractivity contribution in [2.24, 2.45) is 5.73 Å². The number of nitrogens with two attached hydrogens (primary N) is 1. The Morgan fingerprint density at radius 2 is 0.562 bits per heavy atom. The molecule has 0 fully saturated rings. The number of hydrogen-bond donors (Lipinski definition) is 1. The Kier molecular flexibility index (Phi) is 42.0. The lowest BCUT2D eigenvalue weighted by Crippen LogP contribution is -2.37. The zero-order chi connectivity index (χ0) is 34.9. The molecule has 0 aliphatic carbocycles. The van der Waals surface area contributed by atoms with E-state index >= 15 is 0 Å². The fourth-order valence-electron chi connectivity index (χ4n) is 6.82. The molecule has 0 atom stereocenters. The van der Waals surface area contributed by atoms with Gasteiger partial charge in [-0.3, -0.25) is 0 Å². The maximum Gasteiger partial charge on any atom is 0.0109 e.